The number of rotatable bonds is 2. The summed E-state index contributed by atoms with van der Waals surface area (Å²) in [6.07, 6.45) is 2.48. The predicted octanol–water partition coefficient (Wildman–Crippen LogP) is 1.87. The fraction of sp³-hybridized carbons (Fsp3) is 0.100. The monoisotopic (exact) mass is 158 g/mol. The van der Waals surface area contributed by atoms with Gasteiger partial charge < -0.3 is 5.73 Å². The molecule has 0 amide bonds. The average molecular weight is 158 g/mol. The van der Waals surface area contributed by atoms with Crippen LogP contribution in [0.2, 0.25) is 0 Å². The van der Waals surface area contributed by atoms with E-state index in [1.165, 1.54) is 0 Å². The van der Waals surface area contributed by atoms with E-state index in [9.17, 15) is 0 Å². The topological polar surface area (TPSA) is 49.8 Å². The van der Waals surface area contributed by atoms with E-state index in [0.29, 0.717) is 17.7 Å². The van der Waals surface area contributed by atoms with Crippen LogP contribution in [0.5, 0.6) is 0 Å². The van der Waals surface area contributed by atoms with Crippen LogP contribution in [0.25, 0.3) is 0 Å². The molecule has 0 atom stereocenters. The van der Waals surface area contributed by atoms with Crippen molar-refractivity contribution >= 4 is 5.69 Å². The molecule has 0 radical (unpaired) electrons. The van der Waals surface area contributed by atoms with Crippen LogP contribution in [0.4, 0.5) is 5.69 Å². The van der Waals surface area contributed by atoms with Gasteiger partial charge in [0.1, 0.15) is 6.07 Å². The van der Waals surface area contributed by atoms with Gasteiger partial charge in [0.25, 0.3) is 0 Å². The first-order valence-corrected chi connectivity index (χ1v) is 3.68. The maximum absolute atomic E-state index is 8.66. The average Bonchev–Trinajstić information content (AvgIpc) is 2.09. The van der Waals surface area contributed by atoms with Gasteiger partial charge in [-0.1, -0.05) is 18.2 Å². The summed E-state index contributed by atoms with van der Waals surface area (Å²) in [5.74, 6) is 0. The minimum absolute atomic E-state index is 0.536. The lowest BCUT2D eigenvalue weighted by atomic mass is 10.1. The van der Waals surface area contributed by atoms with Gasteiger partial charge >= 0.3 is 0 Å². The molecular formula is C10H10N2. The number of hydrogen-bond donors (Lipinski definition) is 1. The van der Waals surface area contributed by atoms with E-state index in [1.54, 1.807) is 12.1 Å². The Labute approximate surface area is 71.9 Å². The van der Waals surface area contributed by atoms with E-state index < -0.39 is 0 Å². The highest BCUT2D eigenvalue weighted by Gasteiger charge is 2.01. The Bertz CT molecular complexity index is 334. The number of nitriles is 1. The van der Waals surface area contributed by atoms with E-state index in [4.69, 9.17) is 11.0 Å². The molecule has 2 nitrogen and oxygen atoms in total. The van der Waals surface area contributed by atoms with Crippen molar-refractivity contribution in [1.29, 1.82) is 5.26 Å². The molecule has 0 aliphatic heterocycles. The van der Waals surface area contributed by atoms with Crippen molar-refractivity contribution in [3.8, 4) is 6.07 Å². The van der Waals surface area contributed by atoms with Crippen molar-refractivity contribution in [2.45, 2.75) is 6.42 Å². The van der Waals surface area contributed by atoms with Gasteiger partial charge in [0.05, 0.1) is 11.3 Å². The third kappa shape index (κ3) is 1.46. The number of allylic oxidation sites excluding steroid dienone is 1. The zero-order valence-corrected chi connectivity index (χ0v) is 6.75. The molecule has 0 saturated carbocycles. The van der Waals surface area contributed by atoms with E-state index in [1.807, 2.05) is 18.2 Å². The Hall–Kier alpha value is -1.75. The van der Waals surface area contributed by atoms with Gasteiger partial charge in [-0.3, -0.25) is 0 Å². The van der Waals surface area contributed by atoms with Crippen molar-refractivity contribution in [3.63, 3.8) is 0 Å². The molecule has 0 aromatic heterocycles. The van der Waals surface area contributed by atoms with Crippen LogP contribution in [0.15, 0.2) is 30.9 Å². The Balaban J connectivity index is 3.15. The first-order chi connectivity index (χ1) is 5.79. The van der Waals surface area contributed by atoms with Crippen molar-refractivity contribution in [2.24, 2.45) is 0 Å². The molecule has 1 rings (SSSR count). The molecule has 0 aliphatic rings. The summed E-state index contributed by atoms with van der Waals surface area (Å²) in [6.45, 7) is 3.61. The lowest BCUT2D eigenvalue weighted by Crippen LogP contribution is -1.96. The third-order valence-electron chi connectivity index (χ3n) is 1.68. The van der Waals surface area contributed by atoms with Crippen LogP contribution in [-0.2, 0) is 6.42 Å². The molecule has 0 heterocycles. The standard InChI is InChI=1S/C10H10N2/c1-2-4-8-5-3-6-9(7-11)10(8)12/h2-3,5-6H,1,4,12H2. The van der Waals surface area contributed by atoms with Crippen LogP contribution in [-0.4, -0.2) is 0 Å². The summed E-state index contributed by atoms with van der Waals surface area (Å²) < 4.78 is 0. The van der Waals surface area contributed by atoms with E-state index in [2.05, 4.69) is 6.58 Å². The Morgan fingerprint density at radius 1 is 1.58 bits per heavy atom. The van der Waals surface area contributed by atoms with E-state index in [0.717, 1.165) is 5.56 Å². The van der Waals surface area contributed by atoms with Gasteiger partial charge in [0, 0.05) is 0 Å². The van der Waals surface area contributed by atoms with Crippen LogP contribution in [0.1, 0.15) is 11.1 Å². The summed E-state index contributed by atoms with van der Waals surface area (Å²) >= 11 is 0. The van der Waals surface area contributed by atoms with Gasteiger partial charge in [0.2, 0.25) is 0 Å². The van der Waals surface area contributed by atoms with Crippen molar-refractivity contribution in [3.05, 3.63) is 42.0 Å². The summed E-state index contributed by atoms with van der Waals surface area (Å²) in [5.41, 5.74) is 7.78. The van der Waals surface area contributed by atoms with Gasteiger partial charge in [0.15, 0.2) is 0 Å². The smallest absolute Gasteiger partial charge is 0.101 e. The Kier molecular flexibility index (Phi) is 2.49. The highest BCUT2D eigenvalue weighted by Crippen LogP contribution is 2.16. The molecule has 2 N–H and O–H groups in total. The highest BCUT2D eigenvalue weighted by molar-refractivity contribution is 5.59. The molecule has 1 aromatic carbocycles. The van der Waals surface area contributed by atoms with Crippen molar-refractivity contribution in [1.82, 2.24) is 0 Å². The van der Waals surface area contributed by atoms with Gasteiger partial charge in [-0.25, -0.2) is 0 Å². The summed E-state index contributed by atoms with van der Waals surface area (Å²) in [6, 6.07) is 7.47. The quantitative estimate of drug-likeness (QED) is 0.527. The zero-order chi connectivity index (χ0) is 8.97. The third-order valence-corrected chi connectivity index (χ3v) is 1.68. The molecule has 0 bridgehead atoms. The van der Waals surface area contributed by atoms with Crippen LogP contribution in [0.3, 0.4) is 0 Å². The van der Waals surface area contributed by atoms with Gasteiger partial charge in [-0.05, 0) is 18.1 Å². The highest BCUT2D eigenvalue weighted by atomic mass is 14.6. The fourth-order valence-electron chi connectivity index (χ4n) is 1.04. The minimum Gasteiger partial charge on any atom is -0.397 e. The van der Waals surface area contributed by atoms with Crippen molar-refractivity contribution in [2.75, 3.05) is 5.73 Å². The van der Waals surface area contributed by atoms with Crippen LogP contribution in [0, 0.1) is 11.3 Å². The first kappa shape index (κ1) is 8.35. The van der Waals surface area contributed by atoms with E-state index >= 15 is 0 Å². The molecule has 2 heteroatoms. The van der Waals surface area contributed by atoms with Gasteiger partial charge in [-0.2, -0.15) is 5.26 Å². The number of nitrogens with two attached hydrogens (primary N) is 1. The lowest BCUT2D eigenvalue weighted by molar-refractivity contribution is 1.27. The normalized spacial score (nSPS) is 8.92. The molecule has 0 unspecified atom stereocenters. The predicted molar refractivity (Wildman–Crippen MR) is 49.5 cm³/mol. The van der Waals surface area contributed by atoms with Gasteiger partial charge in [-0.15, -0.1) is 6.58 Å². The van der Waals surface area contributed by atoms with Crippen molar-refractivity contribution < 1.29 is 0 Å². The molecular weight excluding hydrogens is 148 g/mol. The number of anilines is 1. The summed E-state index contributed by atoms with van der Waals surface area (Å²) in [7, 11) is 0. The maximum Gasteiger partial charge on any atom is 0.101 e. The maximum atomic E-state index is 8.66. The molecule has 0 fully saturated rings. The Morgan fingerprint density at radius 3 is 2.92 bits per heavy atom. The fourth-order valence-corrected chi connectivity index (χ4v) is 1.04. The SMILES string of the molecule is C=CCc1cccc(C#N)c1N. The second-order valence-electron chi connectivity index (χ2n) is 2.48. The summed E-state index contributed by atoms with van der Waals surface area (Å²) in [5, 5.41) is 8.66. The molecule has 60 valence electrons. The second kappa shape index (κ2) is 3.59. The largest absolute Gasteiger partial charge is 0.397 e. The molecule has 0 spiro atoms. The number of benzene rings is 1. The zero-order valence-electron chi connectivity index (χ0n) is 6.75. The second-order valence-corrected chi connectivity index (χ2v) is 2.48. The molecule has 0 saturated heterocycles. The van der Waals surface area contributed by atoms with Crippen LogP contribution >= 0.6 is 0 Å². The number of nitrogens with zero attached hydrogens (tertiary/aromatic N) is 1. The van der Waals surface area contributed by atoms with Crippen LogP contribution < -0.4 is 5.73 Å². The summed E-state index contributed by atoms with van der Waals surface area (Å²) in [4.78, 5) is 0. The first-order valence-electron chi connectivity index (χ1n) is 3.68. The Morgan fingerprint density at radius 2 is 2.33 bits per heavy atom. The molecule has 0 aliphatic carbocycles. The molecule has 12 heavy (non-hydrogen) atoms. The number of hydrogen-bond acceptors (Lipinski definition) is 2. The molecule has 1 aromatic rings. The minimum atomic E-state index is 0.536. The lowest BCUT2D eigenvalue weighted by Gasteiger charge is -2.02. The van der Waals surface area contributed by atoms with E-state index in [-0.39, 0.29) is 0 Å². The number of nitrogen functional groups attached to an aromatic ring is 1. The number of para-hydroxylation sites is 1.